The Hall–Kier alpha value is -1.70. The van der Waals surface area contributed by atoms with Gasteiger partial charge in [-0.3, -0.25) is 4.79 Å². The Kier molecular flexibility index (Phi) is 4.17. The molecule has 5 nitrogen and oxygen atoms in total. The summed E-state index contributed by atoms with van der Waals surface area (Å²) in [4.78, 5) is 14.6. The number of piperazine rings is 1. The van der Waals surface area contributed by atoms with Gasteiger partial charge < -0.3 is 4.90 Å². The van der Waals surface area contributed by atoms with E-state index in [1.54, 1.807) is 24.3 Å². The molecule has 2 aliphatic rings. The third-order valence-electron chi connectivity index (χ3n) is 4.87. The molecule has 0 bridgehead atoms. The Morgan fingerprint density at radius 2 is 1.76 bits per heavy atom. The standard InChI is InChI=1S/C18H17BrN2O3S/c19-14-5-7-15(8-6-14)25(23,24)20-11-17-16-4-2-1-3-13(16)9-10-21(17)18(22)12-20/h1-8,17H,9-12H2/t17-/m0/s1. The van der Waals surface area contributed by atoms with E-state index in [0.717, 1.165) is 16.5 Å². The molecule has 0 spiro atoms. The highest BCUT2D eigenvalue weighted by molar-refractivity contribution is 9.10. The molecule has 1 fully saturated rings. The fourth-order valence-electron chi connectivity index (χ4n) is 3.58. The Labute approximate surface area is 155 Å². The van der Waals surface area contributed by atoms with Crippen LogP contribution >= 0.6 is 15.9 Å². The summed E-state index contributed by atoms with van der Waals surface area (Å²) >= 11 is 3.31. The van der Waals surface area contributed by atoms with Crippen LogP contribution in [-0.2, 0) is 21.2 Å². The first-order valence-electron chi connectivity index (χ1n) is 8.10. The molecule has 2 aromatic rings. The number of carbonyl (C=O) groups excluding carboxylic acids is 1. The predicted octanol–water partition coefficient (Wildman–Crippen LogP) is 2.58. The molecule has 1 atom stereocenters. The molecule has 2 aliphatic heterocycles. The summed E-state index contributed by atoms with van der Waals surface area (Å²) in [5, 5.41) is 0. The van der Waals surface area contributed by atoms with Crippen molar-refractivity contribution >= 4 is 31.9 Å². The van der Waals surface area contributed by atoms with Gasteiger partial charge in [0.15, 0.2) is 0 Å². The molecule has 0 aliphatic carbocycles. The summed E-state index contributed by atoms with van der Waals surface area (Å²) in [7, 11) is -3.70. The topological polar surface area (TPSA) is 57.7 Å². The minimum atomic E-state index is -3.70. The van der Waals surface area contributed by atoms with E-state index in [-0.39, 0.29) is 23.4 Å². The number of amides is 1. The lowest BCUT2D eigenvalue weighted by Gasteiger charge is -2.44. The summed E-state index contributed by atoms with van der Waals surface area (Å²) in [5.74, 6) is -0.133. The van der Waals surface area contributed by atoms with Crippen molar-refractivity contribution in [2.45, 2.75) is 17.4 Å². The molecule has 7 heteroatoms. The van der Waals surface area contributed by atoms with Crippen molar-refractivity contribution in [3.05, 3.63) is 64.1 Å². The number of hydrogen-bond acceptors (Lipinski definition) is 3. The minimum absolute atomic E-state index is 0.100. The summed E-state index contributed by atoms with van der Waals surface area (Å²) in [6, 6.07) is 14.3. The number of hydrogen-bond donors (Lipinski definition) is 0. The van der Waals surface area contributed by atoms with Gasteiger partial charge in [-0.05, 0) is 41.8 Å². The Morgan fingerprint density at radius 3 is 2.52 bits per heavy atom. The van der Waals surface area contributed by atoms with E-state index in [2.05, 4.69) is 22.0 Å². The van der Waals surface area contributed by atoms with E-state index in [4.69, 9.17) is 0 Å². The number of rotatable bonds is 2. The monoisotopic (exact) mass is 420 g/mol. The molecule has 130 valence electrons. The molecule has 4 rings (SSSR count). The first-order chi connectivity index (χ1) is 12.0. The lowest BCUT2D eigenvalue weighted by molar-refractivity contribution is -0.138. The van der Waals surface area contributed by atoms with E-state index < -0.39 is 10.0 Å². The van der Waals surface area contributed by atoms with E-state index in [1.165, 1.54) is 9.87 Å². The third-order valence-corrected chi connectivity index (χ3v) is 7.23. The van der Waals surface area contributed by atoms with Crippen LogP contribution in [0, 0.1) is 0 Å². The second-order valence-electron chi connectivity index (χ2n) is 6.30. The van der Waals surface area contributed by atoms with Gasteiger partial charge in [0, 0.05) is 17.6 Å². The van der Waals surface area contributed by atoms with Crippen LogP contribution in [0.4, 0.5) is 0 Å². The zero-order chi connectivity index (χ0) is 17.6. The van der Waals surface area contributed by atoms with Crippen molar-refractivity contribution in [1.29, 1.82) is 0 Å². The number of sulfonamides is 1. The largest absolute Gasteiger partial charge is 0.333 e. The van der Waals surface area contributed by atoms with Crippen molar-refractivity contribution in [3.63, 3.8) is 0 Å². The first kappa shape index (κ1) is 16.8. The third kappa shape index (κ3) is 2.90. The van der Waals surface area contributed by atoms with E-state index in [0.29, 0.717) is 13.1 Å². The zero-order valence-corrected chi connectivity index (χ0v) is 15.8. The number of carbonyl (C=O) groups is 1. The predicted molar refractivity (Wildman–Crippen MR) is 97.5 cm³/mol. The normalized spacial score (nSPS) is 20.9. The van der Waals surface area contributed by atoms with Crippen LogP contribution < -0.4 is 0 Å². The van der Waals surface area contributed by atoms with Crippen LogP contribution in [0.3, 0.4) is 0 Å². The summed E-state index contributed by atoms with van der Waals surface area (Å²) < 4.78 is 28.1. The molecule has 25 heavy (non-hydrogen) atoms. The quantitative estimate of drug-likeness (QED) is 0.749. The van der Waals surface area contributed by atoms with Crippen LogP contribution in [0.25, 0.3) is 0 Å². The lowest BCUT2D eigenvalue weighted by atomic mass is 9.91. The average Bonchev–Trinajstić information content (AvgIpc) is 2.62. The minimum Gasteiger partial charge on any atom is -0.333 e. The maximum atomic E-state index is 13.0. The molecule has 1 saturated heterocycles. The van der Waals surface area contributed by atoms with Crippen molar-refractivity contribution < 1.29 is 13.2 Å². The van der Waals surface area contributed by atoms with Crippen molar-refractivity contribution in [2.75, 3.05) is 19.6 Å². The highest BCUT2D eigenvalue weighted by Crippen LogP contribution is 2.34. The van der Waals surface area contributed by atoms with Gasteiger partial charge >= 0.3 is 0 Å². The Morgan fingerprint density at radius 1 is 1.04 bits per heavy atom. The molecule has 2 aromatic carbocycles. The summed E-state index contributed by atoms with van der Waals surface area (Å²) in [6.45, 7) is 0.838. The van der Waals surface area contributed by atoms with Crippen LogP contribution in [0.2, 0.25) is 0 Å². The molecular weight excluding hydrogens is 404 g/mol. The van der Waals surface area contributed by atoms with E-state index >= 15 is 0 Å². The highest BCUT2D eigenvalue weighted by Gasteiger charge is 2.41. The second kappa shape index (κ2) is 6.23. The fourth-order valence-corrected chi connectivity index (χ4v) is 5.25. The fraction of sp³-hybridized carbons (Fsp3) is 0.278. The van der Waals surface area contributed by atoms with Gasteiger partial charge in [0.05, 0.1) is 17.5 Å². The molecule has 1 amide bonds. The lowest BCUT2D eigenvalue weighted by Crippen LogP contribution is -2.55. The number of benzene rings is 2. The van der Waals surface area contributed by atoms with Crippen molar-refractivity contribution in [3.8, 4) is 0 Å². The highest BCUT2D eigenvalue weighted by atomic mass is 79.9. The van der Waals surface area contributed by atoms with Crippen LogP contribution in [-0.4, -0.2) is 43.2 Å². The van der Waals surface area contributed by atoms with Crippen LogP contribution in [0.5, 0.6) is 0 Å². The zero-order valence-electron chi connectivity index (χ0n) is 13.4. The van der Waals surface area contributed by atoms with Gasteiger partial charge in [0.1, 0.15) is 0 Å². The molecule has 0 unspecified atom stereocenters. The summed E-state index contributed by atoms with van der Waals surface area (Å²) in [5.41, 5.74) is 2.25. The maximum Gasteiger partial charge on any atom is 0.243 e. The number of halogens is 1. The first-order valence-corrected chi connectivity index (χ1v) is 10.3. The molecule has 0 aromatic heterocycles. The van der Waals surface area contributed by atoms with Gasteiger partial charge in [0.2, 0.25) is 15.9 Å². The SMILES string of the molecule is O=C1CN(S(=O)(=O)c2ccc(Br)cc2)C[C@H]2c3ccccc3CCN12. The van der Waals surface area contributed by atoms with Crippen LogP contribution in [0.15, 0.2) is 57.9 Å². The molecule has 0 radical (unpaired) electrons. The molecule has 0 N–H and O–H groups in total. The Bertz CT molecular complexity index is 928. The van der Waals surface area contributed by atoms with E-state index in [1.807, 2.05) is 23.1 Å². The van der Waals surface area contributed by atoms with Gasteiger partial charge in [-0.1, -0.05) is 40.2 Å². The number of nitrogens with zero attached hydrogens (tertiary/aromatic N) is 2. The summed E-state index contributed by atoms with van der Waals surface area (Å²) in [6.07, 6.45) is 0.817. The van der Waals surface area contributed by atoms with Gasteiger partial charge in [-0.2, -0.15) is 4.31 Å². The van der Waals surface area contributed by atoms with Crippen molar-refractivity contribution in [1.82, 2.24) is 9.21 Å². The van der Waals surface area contributed by atoms with E-state index in [9.17, 15) is 13.2 Å². The van der Waals surface area contributed by atoms with Gasteiger partial charge in [-0.15, -0.1) is 0 Å². The van der Waals surface area contributed by atoms with Gasteiger partial charge in [0.25, 0.3) is 0 Å². The number of fused-ring (bicyclic) bond motifs is 3. The molecule has 0 saturated carbocycles. The smallest absolute Gasteiger partial charge is 0.243 e. The van der Waals surface area contributed by atoms with Crippen molar-refractivity contribution in [2.24, 2.45) is 0 Å². The van der Waals surface area contributed by atoms with Crippen LogP contribution in [0.1, 0.15) is 17.2 Å². The Balaban J connectivity index is 1.70. The van der Waals surface area contributed by atoms with Gasteiger partial charge in [-0.25, -0.2) is 8.42 Å². The molecular formula is C18H17BrN2O3S. The maximum absolute atomic E-state index is 13.0. The molecule has 2 heterocycles. The average molecular weight is 421 g/mol. The second-order valence-corrected chi connectivity index (χ2v) is 9.16.